The molecule has 0 spiro atoms. The molecule has 0 radical (unpaired) electrons. The minimum Gasteiger partial charge on any atom is -0.497 e. The highest BCUT2D eigenvalue weighted by molar-refractivity contribution is 6.53. The highest BCUT2D eigenvalue weighted by Gasteiger charge is 2.39. The van der Waals surface area contributed by atoms with Crippen LogP contribution in [0.2, 0.25) is 0 Å². The second-order valence-electron chi connectivity index (χ2n) is 7.36. The van der Waals surface area contributed by atoms with Crippen LogP contribution in [0.1, 0.15) is 15.9 Å². The fraction of sp³-hybridized carbons (Fsp3) is 0.0800. The summed E-state index contributed by atoms with van der Waals surface area (Å²) in [4.78, 5) is 39.3. The number of carbonyl (C=O) groups is 3. The first-order valence-corrected chi connectivity index (χ1v) is 10.4. The fourth-order valence-corrected chi connectivity index (χ4v) is 3.60. The Kier molecular flexibility index (Phi) is 6.15. The summed E-state index contributed by atoms with van der Waals surface area (Å²) in [5.41, 5.74) is 2.83. The van der Waals surface area contributed by atoms with Crippen LogP contribution in [-0.2, 0) is 9.59 Å². The van der Waals surface area contributed by atoms with Crippen molar-refractivity contribution in [3.05, 3.63) is 94.7 Å². The maximum atomic E-state index is 13.0. The van der Waals surface area contributed by atoms with E-state index in [1.54, 1.807) is 54.6 Å². The fourth-order valence-electron chi connectivity index (χ4n) is 3.39. The lowest BCUT2D eigenvalue weighted by Gasteiger charge is -2.15. The summed E-state index contributed by atoms with van der Waals surface area (Å²) >= 11 is 6.20. The molecule has 0 atom stereocenters. The molecule has 3 aromatic carbocycles. The van der Waals surface area contributed by atoms with Gasteiger partial charge in [0.05, 0.1) is 12.8 Å². The van der Waals surface area contributed by atoms with Gasteiger partial charge in [0.15, 0.2) is 0 Å². The van der Waals surface area contributed by atoms with E-state index in [4.69, 9.17) is 16.3 Å². The van der Waals surface area contributed by atoms with Gasteiger partial charge < -0.3 is 15.4 Å². The van der Waals surface area contributed by atoms with Gasteiger partial charge in [-0.15, -0.1) is 0 Å². The van der Waals surface area contributed by atoms with Gasteiger partial charge in [0.25, 0.3) is 17.7 Å². The number of halogens is 1. The van der Waals surface area contributed by atoms with E-state index in [0.29, 0.717) is 28.4 Å². The van der Waals surface area contributed by atoms with E-state index in [2.05, 4.69) is 10.6 Å². The molecule has 1 heterocycles. The average Bonchev–Trinajstić information content (AvgIpc) is 3.02. The molecule has 0 unspecified atom stereocenters. The van der Waals surface area contributed by atoms with E-state index >= 15 is 0 Å². The van der Waals surface area contributed by atoms with E-state index in [1.807, 2.05) is 25.1 Å². The predicted octanol–water partition coefficient (Wildman–Crippen LogP) is 4.69. The van der Waals surface area contributed by atoms with Crippen LogP contribution in [0.4, 0.5) is 17.1 Å². The molecule has 4 rings (SSSR count). The van der Waals surface area contributed by atoms with Crippen LogP contribution in [0, 0.1) is 6.92 Å². The molecule has 8 heteroatoms. The van der Waals surface area contributed by atoms with E-state index in [1.165, 1.54) is 7.11 Å². The van der Waals surface area contributed by atoms with Crippen molar-refractivity contribution in [1.82, 2.24) is 0 Å². The highest BCUT2D eigenvalue weighted by atomic mass is 35.5. The van der Waals surface area contributed by atoms with Crippen LogP contribution in [0.5, 0.6) is 5.75 Å². The zero-order valence-corrected chi connectivity index (χ0v) is 18.6. The summed E-state index contributed by atoms with van der Waals surface area (Å²) < 4.78 is 5.11. The highest BCUT2D eigenvalue weighted by Crippen LogP contribution is 2.31. The summed E-state index contributed by atoms with van der Waals surface area (Å²) in [6.07, 6.45) is 0. The first kappa shape index (κ1) is 22.1. The molecule has 0 aliphatic carbocycles. The van der Waals surface area contributed by atoms with Crippen molar-refractivity contribution in [2.75, 3.05) is 22.6 Å². The first-order chi connectivity index (χ1) is 15.9. The summed E-state index contributed by atoms with van der Waals surface area (Å²) in [6.45, 7) is 1.94. The van der Waals surface area contributed by atoms with Crippen LogP contribution < -0.4 is 20.3 Å². The molecular formula is C25H20ClN3O4. The standard InChI is InChI=1S/C25H20ClN3O4/c1-15-5-3-7-17(13-15)28-23(30)16-6-4-8-18(14-16)27-22-21(26)24(31)29(25(22)32)19-9-11-20(33-2)12-10-19/h3-14,27H,1-2H3,(H,28,30). The van der Waals surface area contributed by atoms with Gasteiger partial charge in [-0.25, -0.2) is 4.90 Å². The lowest BCUT2D eigenvalue weighted by atomic mass is 10.1. The lowest BCUT2D eigenvalue weighted by molar-refractivity contribution is -0.120. The van der Waals surface area contributed by atoms with Crippen molar-refractivity contribution in [1.29, 1.82) is 0 Å². The van der Waals surface area contributed by atoms with Crippen LogP contribution >= 0.6 is 11.6 Å². The summed E-state index contributed by atoms with van der Waals surface area (Å²) in [5, 5.41) is 5.50. The number of rotatable bonds is 6. The monoisotopic (exact) mass is 461 g/mol. The molecule has 3 aromatic rings. The molecule has 1 aliphatic rings. The molecule has 0 saturated carbocycles. The number of aryl methyl sites for hydroxylation is 1. The number of imide groups is 1. The Bertz CT molecular complexity index is 1280. The van der Waals surface area contributed by atoms with Crippen LogP contribution in [-0.4, -0.2) is 24.8 Å². The average molecular weight is 462 g/mol. The SMILES string of the molecule is COc1ccc(N2C(=O)C(Cl)=C(Nc3cccc(C(=O)Nc4cccc(C)c4)c3)C2=O)cc1. The topological polar surface area (TPSA) is 87.7 Å². The summed E-state index contributed by atoms with van der Waals surface area (Å²) in [6, 6.07) is 20.5. The third-order valence-corrected chi connectivity index (χ3v) is 5.38. The maximum Gasteiger partial charge on any atom is 0.283 e. The molecule has 7 nitrogen and oxygen atoms in total. The van der Waals surface area contributed by atoms with Gasteiger partial charge in [-0.05, 0) is 67.1 Å². The molecule has 0 aromatic heterocycles. The molecule has 2 N–H and O–H groups in total. The number of methoxy groups -OCH3 is 1. The number of hydrogen-bond donors (Lipinski definition) is 2. The minimum atomic E-state index is -0.636. The number of nitrogens with zero attached hydrogens (tertiary/aromatic N) is 1. The molecule has 0 bridgehead atoms. The van der Waals surface area contributed by atoms with Gasteiger partial charge >= 0.3 is 0 Å². The second-order valence-corrected chi connectivity index (χ2v) is 7.74. The molecule has 3 amide bonds. The summed E-state index contributed by atoms with van der Waals surface area (Å²) in [5.74, 6) is -0.943. The molecule has 33 heavy (non-hydrogen) atoms. The van der Waals surface area contributed by atoms with Gasteiger partial charge in [0, 0.05) is 16.9 Å². The predicted molar refractivity (Wildman–Crippen MR) is 128 cm³/mol. The lowest BCUT2D eigenvalue weighted by Crippen LogP contribution is -2.32. The number of anilines is 3. The Labute approximate surface area is 195 Å². The Hall–Kier alpha value is -4.10. The largest absolute Gasteiger partial charge is 0.497 e. The first-order valence-electron chi connectivity index (χ1n) is 10.0. The Morgan fingerprint density at radius 3 is 2.30 bits per heavy atom. The van der Waals surface area contributed by atoms with Gasteiger partial charge in [-0.1, -0.05) is 29.8 Å². The Morgan fingerprint density at radius 2 is 1.61 bits per heavy atom. The third-order valence-electron chi connectivity index (χ3n) is 5.03. The summed E-state index contributed by atoms with van der Waals surface area (Å²) in [7, 11) is 1.52. The van der Waals surface area contributed by atoms with Crippen LogP contribution in [0.15, 0.2) is 83.5 Å². The smallest absolute Gasteiger partial charge is 0.283 e. The zero-order valence-electron chi connectivity index (χ0n) is 17.9. The number of hydrogen-bond acceptors (Lipinski definition) is 5. The minimum absolute atomic E-state index is 0.0614. The number of amides is 3. The van der Waals surface area contributed by atoms with Gasteiger partial charge in [-0.2, -0.15) is 0 Å². The molecule has 166 valence electrons. The molecular weight excluding hydrogens is 442 g/mol. The van der Waals surface area contributed by atoms with Crippen LogP contribution in [0.3, 0.4) is 0 Å². The molecule has 1 aliphatic heterocycles. The van der Waals surface area contributed by atoms with Gasteiger partial charge in [-0.3, -0.25) is 14.4 Å². The Balaban J connectivity index is 1.53. The van der Waals surface area contributed by atoms with E-state index in [0.717, 1.165) is 10.5 Å². The van der Waals surface area contributed by atoms with E-state index < -0.39 is 11.8 Å². The van der Waals surface area contributed by atoms with Crippen molar-refractivity contribution < 1.29 is 19.1 Å². The van der Waals surface area contributed by atoms with Crippen molar-refractivity contribution in [2.45, 2.75) is 6.92 Å². The third kappa shape index (κ3) is 4.58. The zero-order chi connectivity index (χ0) is 23.5. The normalized spacial score (nSPS) is 13.4. The number of carbonyl (C=O) groups excluding carboxylic acids is 3. The van der Waals surface area contributed by atoms with E-state index in [-0.39, 0.29) is 16.6 Å². The van der Waals surface area contributed by atoms with Crippen LogP contribution in [0.25, 0.3) is 0 Å². The Morgan fingerprint density at radius 1 is 0.909 bits per heavy atom. The van der Waals surface area contributed by atoms with Gasteiger partial charge in [0.2, 0.25) is 0 Å². The van der Waals surface area contributed by atoms with Gasteiger partial charge in [0.1, 0.15) is 16.5 Å². The van der Waals surface area contributed by atoms with Crippen molar-refractivity contribution in [2.24, 2.45) is 0 Å². The van der Waals surface area contributed by atoms with Crippen molar-refractivity contribution in [3.8, 4) is 5.75 Å². The number of benzene rings is 3. The van der Waals surface area contributed by atoms with Crippen molar-refractivity contribution in [3.63, 3.8) is 0 Å². The molecule has 0 fully saturated rings. The maximum absolute atomic E-state index is 13.0. The van der Waals surface area contributed by atoms with E-state index in [9.17, 15) is 14.4 Å². The van der Waals surface area contributed by atoms with Crippen molar-refractivity contribution >= 4 is 46.4 Å². The molecule has 0 saturated heterocycles. The number of ether oxygens (including phenoxy) is 1. The number of nitrogens with one attached hydrogen (secondary N) is 2. The second kappa shape index (κ2) is 9.18. The quantitative estimate of drug-likeness (QED) is 0.520.